The first-order valence-electron chi connectivity index (χ1n) is 6.34. The van der Waals surface area contributed by atoms with Crippen LogP contribution in [0.25, 0.3) is 10.9 Å². The number of anilines is 1. The number of fused-ring (bicyclic) bond motifs is 1. The largest absolute Gasteiger partial charge is 0.467 e. The van der Waals surface area contributed by atoms with Gasteiger partial charge in [0.25, 0.3) is 0 Å². The number of pyridine rings is 1. The third kappa shape index (κ3) is 2.21. The summed E-state index contributed by atoms with van der Waals surface area (Å²) in [5.41, 5.74) is 2.54. The average molecular weight is 263 g/mol. The monoisotopic (exact) mass is 263 g/mol. The third-order valence-corrected chi connectivity index (χ3v) is 3.18. The molecule has 0 bridgehead atoms. The van der Waals surface area contributed by atoms with Gasteiger partial charge in [-0.25, -0.2) is 4.98 Å². The van der Waals surface area contributed by atoms with E-state index < -0.39 is 0 Å². The molecule has 1 N–H and O–H groups in total. The van der Waals surface area contributed by atoms with Gasteiger partial charge in [-0.1, -0.05) is 18.2 Å². The highest BCUT2D eigenvalue weighted by Gasteiger charge is 2.08. The zero-order valence-corrected chi connectivity index (χ0v) is 11.1. The van der Waals surface area contributed by atoms with E-state index in [0.29, 0.717) is 17.9 Å². The molecule has 3 rings (SSSR count). The number of furan rings is 1. The minimum absolute atomic E-state index is 0.506. The maximum atomic E-state index is 9.25. The predicted octanol–water partition coefficient (Wildman–Crippen LogP) is 3.62. The van der Waals surface area contributed by atoms with E-state index >= 15 is 0 Å². The van der Waals surface area contributed by atoms with Crippen molar-refractivity contribution in [1.29, 1.82) is 5.26 Å². The van der Waals surface area contributed by atoms with Crippen molar-refractivity contribution in [3.8, 4) is 6.07 Å². The molecule has 1 aromatic carbocycles. The molecule has 0 saturated carbocycles. The summed E-state index contributed by atoms with van der Waals surface area (Å²) in [6.45, 7) is 2.52. The highest BCUT2D eigenvalue weighted by Crippen LogP contribution is 2.22. The normalized spacial score (nSPS) is 10.4. The summed E-state index contributed by atoms with van der Waals surface area (Å²) in [4.78, 5) is 4.57. The molecule has 4 nitrogen and oxygen atoms in total. The lowest BCUT2D eigenvalue weighted by molar-refractivity contribution is 0.518. The van der Waals surface area contributed by atoms with E-state index in [0.717, 1.165) is 22.2 Å². The smallest absolute Gasteiger partial charge is 0.145 e. The highest BCUT2D eigenvalue weighted by atomic mass is 16.3. The Kier molecular flexibility index (Phi) is 3.10. The van der Waals surface area contributed by atoms with Gasteiger partial charge in [0.1, 0.15) is 17.6 Å². The van der Waals surface area contributed by atoms with Gasteiger partial charge in [-0.3, -0.25) is 0 Å². The fourth-order valence-electron chi connectivity index (χ4n) is 2.15. The lowest BCUT2D eigenvalue weighted by atomic mass is 10.1. The molecule has 20 heavy (non-hydrogen) atoms. The van der Waals surface area contributed by atoms with Gasteiger partial charge in [0.2, 0.25) is 0 Å². The summed E-state index contributed by atoms with van der Waals surface area (Å²) in [5, 5.41) is 13.4. The van der Waals surface area contributed by atoms with E-state index in [-0.39, 0.29) is 0 Å². The molecule has 0 unspecified atom stereocenters. The van der Waals surface area contributed by atoms with Crippen LogP contribution in [0.3, 0.4) is 0 Å². The molecule has 0 fully saturated rings. The first-order valence-corrected chi connectivity index (χ1v) is 6.34. The summed E-state index contributed by atoms with van der Waals surface area (Å²) in [7, 11) is 0. The Morgan fingerprint density at radius 1 is 1.30 bits per heavy atom. The third-order valence-electron chi connectivity index (χ3n) is 3.18. The maximum absolute atomic E-state index is 9.25. The molecule has 0 aliphatic rings. The van der Waals surface area contributed by atoms with Crippen molar-refractivity contribution in [2.24, 2.45) is 0 Å². The highest BCUT2D eigenvalue weighted by molar-refractivity contribution is 5.85. The molecule has 0 aliphatic carbocycles. The second-order valence-corrected chi connectivity index (χ2v) is 4.58. The lowest BCUT2D eigenvalue weighted by Crippen LogP contribution is -2.03. The minimum atomic E-state index is 0.506. The molecule has 2 aromatic heterocycles. The molecule has 0 aliphatic heterocycles. The van der Waals surface area contributed by atoms with Crippen LogP contribution in [0, 0.1) is 18.3 Å². The summed E-state index contributed by atoms with van der Waals surface area (Å²) >= 11 is 0. The van der Waals surface area contributed by atoms with Gasteiger partial charge in [-0.2, -0.15) is 5.26 Å². The van der Waals surface area contributed by atoms with Crippen molar-refractivity contribution >= 4 is 16.7 Å². The Labute approximate surface area is 116 Å². The molecule has 0 amide bonds. The number of hydrogen-bond acceptors (Lipinski definition) is 4. The van der Waals surface area contributed by atoms with Crippen molar-refractivity contribution in [3.05, 3.63) is 59.5 Å². The van der Waals surface area contributed by atoms with Crippen LogP contribution in [0.5, 0.6) is 0 Å². The number of benzene rings is 1. The molecule has 98 valence electrons. The molecule has 3 aromatic rings. The van der Waals surface area contributed by atoms with Gasteiger partial charge in [0.05, 0.1) is 23.9 Å². The summed E-state index contributed by atoms with van der Waals surface area (Å²) in [6, 6.07) is 13.7. The Balaban J connectivity index is 2.00. The number of aromatic nitrogens is 1. The van der Waals surface area contributed by atoms with Gasteiger partial charge >= 0.3 is 0 Å². The standard InChI is InChI=1S/C16H13N3O/c1-11-4-2-5-12-8-13(9-17)16(19-15(11)12)18-10-14-6-3-7-20-14/h2-8H,10H2,1H3,(H,18,19). The van der Waals surface area contributed by atoms with Gasteiger partial charge in [-0.05, 0) is 30.7 Å². The van der Waals surface area contributed by atoms with E-state index in [1.54, 1.807) is 6.26 Å². The number of nitrogens with one attached hydrogen (secondary N) is 1. The van der Waals surface area contributed by atoms with E-state index in [4.69, 9.17) is 4.42 Å². The van der Waals surface area contributed by atoms with Gasteiger partial charge in [0.15, 0.2) is 0 Å². The Morgan fingerprint density at radius 3 is 2.95 bits per heavy atom. The second-order valence-electron chi connectivity index (χ2n) is 4.58. The van der Waals surface area contributed by atoms with Crippen LogP contribution in [-0.2, 0) is 6.54 Å². The first kappa shape index (κ1) is 12.2. The molecule has 4 heteroatoms. The second kappa shape index (κ2) is 5.06. The fraction of sp³-hybridized carbons (Fsp3) is 0.125. The van der Waals surface area contributed by atoms with Crippen molar-refractivity contribution in [2.75, 3.05) is 5.32 Å². The van der Waals surface area contributed by atoms with E-state index in [1.165, 1.54) is 0 Å². The summed E-state index contributed by atoms with van der Waals surface area (Å²) in [5.74, 6) is 1.39. The SMILES string of the molecule is Cc1cccc2cc(C#N)c(NCc3ccco3)nc12. The topological polar surface area (TPSA) is 61.9 Å². The zero-order valence-electron chi connectivity index (χ0n) is 11.1. The molecule has 0 atom stereocenters. The number of rotatable bonds is 3. The average Bonchev–Trinajstić information content (AvgIpc) is 2.98. The number of nitrogens with zero attached hydrogens (tertiary/aromatic N) is 2. The quantitative estimate of drug-likeness (QED) is 0.784. The number of aryl methyl sites for hydroxylation is 1. The number of hydrogen-bond donors (Lipinski definition) is 1. The summed E-state index contributed by atoms with van der Waals surface area (Å²) < 4.78 is 5.27. The molecular formula is C16H13N3O. The van der Waals surface area contributed by atoms with Crippen molar-refractivity contribution in [1.82, 2.24) is 4.98 Å². The van der Waals surface area contributed by atoms with Crippen LogP contribution in [0.15, 0.2) is 47.1 Å². The Bertz CT molecular complexity index is 785. The van der Waals surface area contributed by atoms with Crippen LogP contribution in [0.2, 0.25) is 0 Å². The van der Waals surface area contributed by atoms with Crippen molar-refractivity contribution in [2.45, 2.75) is 13.5 Å². The van der Waals surface area contributed by atoms with Crippen LogP contribution in [0.4, 0.5) is 5.82 Å². The Hall–Kier alpha value is -2.80. The number of nitriles is 1. The van der Waals surface area contributed by atoms with Gasteiger partial charge in [-0.15, -0.1) is 0 Å². The van der Waals surface area contributed by atoms with Crippen LogP contribution in [0.1, 0.15) is 16.9 Å². The van der Waals surface area contributed by atoms with Crippen molar-refractivity contribution < 1.29 is 4.42 Å². The summed E-state index contributed by atoms with van der Waals surface area (Å²) in [6.07, 6.45) is 1.63. The van der Waals surface area contributed by atoms with Crippen LogP contribution < -0.4 is 5.32 Å². The van der Waals surface area contributed by atoms with Crippen LogP contribution in [-0.4, -0.2) is 4.98 Å². The lowest BCUT2D eigenvalue weighted by Gasteiger charge is -2.09. The van der Waals surface area contributed by atoms with E-state index in [1.807, 2.05) is 43.3 Å². The molecule has 0 spiro atoms. The molecule has 0 radical (unpaired) electrons. The van der Waals surface area contributed by atoms with Crippen molar-refractivity contribution in [3.63, 3.8) is 0 Å². The minimum Gasteiger partial charge on any atom is -0.467 e. The molecule has 2 heterocycles. The number of para-hydroxylation sites is 1. The van der Waals surface area contributed by atoms with Crippen LogP contribution >= 0.6 is 0 Å². The fourth-order valence-corrected chi connectivity index (χ4v) is 2.15. The van der Waals surface area contributed by atoms with E-state index in [2.05, 4.69) is 16.4 Å². The zero-order chi connectivity index (χ0) is 13.9. The predicted molar refractivity (Wildman–Crippen MR) is 77.2 cm³/mol. The van der Waals surface area contributed by atoms with Gasteiger partial charge in [0, 0.05) is 5.39 Å². The van der Waals surface area contributed by atoms with E-state index in [9.17, 15) is 5.26 Å². The maximum Gasteiger partial charge on any atom is 0.145 e. The molecule has 0 saturated heterocycles. The molecular weight excluding hydrogens is 250 g/mol. The first-order chi connectivity index (χ1) is 9.78. The Morgan fingerprint density at radius 2 is 2.20 bits per heavy atom. The van der Waals surface area contributed by atoms with Gasteiger partial charge < -0.3 is 9.73 Å².